The molecule has 1 aromatic carbocycles. The first-order valence-corrected chi connectivity index (χ1v) is 11.3. The van der Waals surface area contributed by atoms with Gasteiger partial charge in [-0.25, -0.2) is 13.4 Å². The molecular weight excluding hydrogens is 424 g/mol. The van der Waals surface area contributed by atoms with Gasteiger partial charge in [0.15, 0.2) is 0 Å². The van der Waals surface area contributed by atoms with Crippen LogP contribution < -0.4 is 10.1 Å². The number of pyridine rings is 1. The number of hydrogen-bond acceptors (Lipinski definition) is 7. The number of piperidine rings is 1. The number of nitro groups is 1. The third-order valence-corrected chi connectivity index (χ3v) is 7.18. The quantitative estimate of drug-likeness (QED) is 0.509. The van der Waals surface area contributed by atoms with Gasteiger partial charge in [-0.05, 0) is 44.4 Å². The minimum atomic E-state index is -3.90. The number of rotatable bonds is 7. The van der Waals surface area contributed by atoms with Crippen molar-refractivity contribution in [2.24, 2.45) is 5.92 Å². The van der Waals surface area contributed by atoms with Crippen LogP contribution in [0.4, 0.5) is 11.4 Å². The molecule has 0 radical (unpaired) electrons. The molecule has 1 saturated heterocycles. The summed E-state index contributed by atoms with van der Waals surface area (Å²) in [6, 6.07) is 7.17. The van der Waals surface area contributed by atoms with E-state index in [0.717, 1.165) is 6.07 Å². The molecule has 10 nitrogen and oxygen atoms in total. The third-order valence-electron chi connectivity index (χ3n) is 5.14. The summed E-state index contributed by atoms with van der Waals surface area (Å²) in [5.74, 6) is -0.260. The van der Waals surface area contributed by atoms with Crippen molar-refractivity contribution in [2.75, 3.05) is 25.0 Å². The standard InChI is InChI=1S/C20H24N4O6S/c1-3-30-20-17(5-4-10-21-20)22-19(25)15-8-11-23(12-9-15)31(28,29)18-13-16(24(26)27)7-6-14(18)2/h4-7,10,13,15H,3,8-9,11-12H2,1-2H3,(H,22,25). The SMILES string of the molecule is CCOc1ncccc1NC(=O)C1CCN(S(=O)(=O)c2cc([N+](=O)[O-])ccc2C)CC1. The summed E-state index contributed by atoms with van der Waals surface area (Å²) in [4.78, 5) is 27.1. The fraction of sp³-hybridized carbons (Fsp3) is 0.400. The van der Waals surface area contributed by atoms with Gasteiger partial charge in [-0.3, -0.25) is 14.9 Å². The molecule has 1 aliphatic rings. The van der Waals surface area contributed by atoms with Gasteiger partial charge in [0.2, 0.25) is 21.8 Å². The number of amides is 1. The molecule has 3 rings (SSSR count). The molecule has 166 valence electrons. The van der Waals surface area contributed by atoms with Crippen LogP contribution in [-0.4, -0.2) is 48.2 Å². The maximum absolute atomic E-state index is 13.0. The van der Waals surface area contributed by atoms with Gasteiger partial charge in [0.25, 0.3) is 5.69 Å². The molecule has 2 heterocycles. The van der Waals surface area contributed by atoms with E-state index in [1.165, 1.54) is 16.4 Å². The lowest BCUT2D eigenvalue weighted by Crippen LogP contribution is -2.41. The number of carbonyl (C=O) groups is 1. The van der Waals surface area contributed by atoms with E-state index in [4.69, 9.17) is 4.74 Å². The summed E-state index contributed by atoms with van der Waals surface area (Å²) in [5, 5.41) is 13.8. The monoisotopic (exact) mass is 448 g/mol. The molecule has 0 unspecified atom stereocenters. The molecular formula is C20H24N4O6S. The Morgan fingerprint density at radius 2 is 2.03 bits per heavy atom. The van der Waals surface area contributed by atoms with Crippen LogP contribution in [0.2, 0.25) is 0 Å². The van der Waals surface area contributed by atoms with Gasteiger partial charge in [-0.1, -0.05) is 6.07 Å². The summed E-state index contributed by atoms with van der Waals surface area (Å²) >= 11 is 0. The molecule has 1 N–H and O–H groups in total. The van der Waals surface area contributed by atoms with Crippen LogP contribution in [0.15, 0.2) is 41.4 Å². The smallest absolute Gasteiger partial charge is 0.270 e. The van der Waals surface area contributed by atoms with Crippen molar-refractivity contribution < 1.29 is 22.9 Å². The van der Waals surface area contributed by atoms with Gasteiger partial charge in [0, 0.05) is 37.3 Å². The first kappa shape index (κ1) is 22.6. The maximum Gasteiger partial charge on any atom is 0.270 e. The summed E-state index contributed by atoms with van der Waals surface area (Å²) in [6.45, 7) is 4.12. The van der Waals surface area contributed by atoms with Crippen LogP contribution in [0.1, 0.15) is 25.3 Å². The molecule has 1 amide bonds. The van der Waals surface area contributed by atoms with E-state index in [1.807, 2.05) is 6.92 Å². The van der Waals surface area contributed by atoms with Crippen molar-refractivity contribution in [3.8, 4) is 5.88 Å². The van der Waals surface area contributed by atoms with Gasteiger partial charge in [0.05, 0.1) is 16.4 Å². The topological polar surface area (TPSA) is 132 Å². The Labute approximate surface area is 180 Å². The second-order valence-electron chi connectivity index (χ2n) is 7.16. The highest BCUT2D eigenvalue weighted by atomic mass is 32.2. The van der Waals surface area contributed by atoms with Crippen molar-refractivity contribution in [3.05, 3.63) is 52.2 Å². The largest absolute Gasteiger partial charge is 0.476 e. The van der Waals surface area contributed by atoms with Gasteiger partial charge in [0.1, 0.15) is 5.69 Å². The lowest BCUT2D eigenvalue weighted by atomic mass is 9.97. The minimum absolute atomic E-state index is 0.0821. The zero-order valence-electron chi connectivity index (χ0n) is 17.3. The highest BCUT2D eigenvalue weighted by Gasteiger charge is 2.33. The molecule has 1 aliphatic heterocycles. The maximum atomic E-state index is 13.0. The van der Waals surface area contributed by atoms with Gasteiger partial charge in [-0.15, -0.1) is 0 Å². The average molecular weight is 449 g/mol. The molecule has 11 heteroatoms. The predicted molar refractivity (Wildman–Crippen MR) is 113 cm³/mol. The number of hydrogen-bond donors (Lipinski definition) is 1. The molecule has 2 aromatic rings. The second-order valence-corrected chi connectivity index (χ2v) is 9.07. The van der Waals surface area contributed by atoms with Crippen molar-refractivity contribution in [1.82, 2.24) is 9.29 Å². The number of nitro benzene ring substituents is 1. The Morgan fingerprint density at radius 1 is 1.32 bits per heavy atom. The van der Waals surface area contributed by atoms with Crippen LogP contribution >= 0.6 is 0 Å². The van der Waals surface area contributed by atoms with Crippen molar-refractivity contribution in [1.29, 1.82) is 0 Å². The Balaban J connectivity index is 1.69. The Morgan fingerprint density at radius 3 is 2.68 bits per heavy atom. The van der Waals surface area contributed by atoms with Crippen LogP contribution in [0.25, 0.3) is 0 Å². The predicted octanol–water partition coefficient (Wildman–Crippen LogP) is 2.74. The van der Waals surface area contributed by atoms with E-state index in [-0.39, 0.29) is 35.5 Å². The van der Waals surface area contributed by atoms with E-state index >= 15 is 0 Å². The minimum Gasteiger partial charge on any atom is -0.476 e. The highest BCUT2D eigenvalue weighted by molar-refractivity contribution is 7.89. The number of anilines is 1. The molecule has 0 bridgehead atoms. The van der Waals surface area contributed by atoms with E-state index in [0.29, 0.717) is 36.6 Å². The van der Waals surface area contributed by atoms with Crippen molar-refractivity contribution in [2.45, 2.75) is 31.6 Å². The summed E-state index contributed by atoms with van der Waals surface area (Å²) in [5.41, 5.74) is 0.627. The lowest BCUT2D eigenvalue weighted by molar-refractivity contribution is -0.385. The average Bonchev–Trinajstić information content (AvgIpc) is 2.75. The Bertz CT molecular complexity index is 1080. The number of carbonyl (C=O) groups excluding carboxylic acids is 1. The summed E-state index contributed by atoms with van der Waals surface area (Å²) in [7, 11) is -3.90. The summed E-state index contributed by atoms with van der Waals surface area (Å²) in [6.07, 6.45) is 2.24. The molecule has 0 saturated carbocycles. The number of nitrogens with one attached hydrogen (secondary N) is 1. The normalized spacial score (nSPS) is 15.4. The van der Waals surface area contributed by atoms with Crippen LogP contribution in [-0.2, 0) is 14.8 Å². The van der Waals surface area contributed by atoms with Gasteiger partial charge >= 0.3 is 0 Å². The van der Waals surface area contributed by atoms with E-state index < -0.39 is 14.9 Å². The van der Waals surface area contributed by atoms with E-state index in [2.05, 4.69) is 10.3 Å². The lowest BCUT2D eigenvalue weighted by Gasteiger charge is -2.31. The zero-order valence-corrected chi connectivity index (χ0v) is 18.1. The van der Waals surface area contributed by atoms with Crippen molar-refractivity contribution >= 4 is 27.3 Å². The summed E-state index contributed by atoms with van der Waals surface area (Å²) < 4.78 is 32.8. The van der Waals surface area contributed by atoms with E-state index in [1.54, 1.807) is 25.3 Å². The van der Waals surface area contributed by atoms with Gasteiger partial charge in [-0.2, -0.15) is 4.31 Å². The van der Waals surface area contributed by atoms with Crippen LogP contribution in [0.5, 0.6) is 5.88 Å². The number of non-ortho nitro benzene ring substituents is 1. The molecule has 0 aliphatic carbocycles. The fourth-order valence-corrected chi connectivity index (χ4v) is 5.16. The number of aromatic nitrogens is 1. The highest BCUT2D eigenvalue weighted by Crippen LogP contribution is 2.29. The first-order valence-electron chi connectivity index (χ1n) is 9.88. The molecule has 1 fully saturated rings. The Hall–Kier alpha value is -3.05. The molecule has 0 spiro atoms. The number of aryl methyl sites for hydroxylation is 1. The van der Waals surface area contributed by atoms with E-state index in [9.17, 15) is 23.3 Å². The first-order chi connectivity index (χ1) is 14.7. The molecule has 31 heavy (non-hydrogen) atoms. The van der Waals surface area contributed by atoms with Crippen molar-refractivity contribution in [3.63, 3.8) is 0 Å². The van der Waals surface area contributed by atoms with Crippen LogP contribution in [0.3, 0.4) is 0 Å². The number of benzene rings is 1. The number of ether oxygens (including phenoxy) is 1. The third kappa shape index (κ3) is 5.00. The van der Waals surface area contributed by atoms with Gasteiger partial charge < -0.3 is 10.1 Å². The fourth-order valence-electron chi connectivity index (χ4n) is 3.45. The molecule has 0 atom stereocenters. The van der Waals surface area contributed by atoms with Crippen LogP contribution in [0, 0.1) is 23.0 Å². The Kier molecular flexibility index (Phi) is 6.86. The molecule has 1 aromatic heterocycles. The zero-order chi connectivity index (χ0) is 22.6. The second kappa shape index (κ2) is 9.40. The number of sulfonamides is 1. The number of nitrogens with zero attached hydrogens (tertiary/aromatic N) is 3.